The zero-order valence-electron chi connectivity index (χ0n) is 12.6. The fraction of sp³-hybridized carbons (Fsp3) is 0.188. The topological polar surface area (TPSA) is 89.9 Å². The third-order valence-corrected chi connectivity index (χ3v) is 4.25. The van der Waals surface area contributed by atoms with E-state index in [9.17, 15) is 13.2 Å². The van der Waals surface area contributed by atoms with E-state index in [4.69, 9.17) is 14.6 Å². The molecule has 6 nitrogen and oxygen atoms in total. The first kappa shape index (κ1) is 16.8. The van der Waals surface area contributed by atoms with Gasteiger partial charge < -0.3 is 14.6 Å². The molecule has 2 aromatic rings. The van der Waals surface area contributed by atoms with Crippen LogP contribution in [0.4, 0.5) is 0 Å². The first-order valence-corrected chi connectivity index (χ1v) is 8.53. The third kappa shape index (κ3) is 4.46. The summed E-state index contributed by atoms with van der Waals surface area (Å²) in [6.07, 6.45) is 1.14. The minimum atomic E-state index is -3.23. The second-order valence-corrected chi connectivity index (χ2v) is 6.92. The monoisotopic (exact) mass is 336 g/mol. The molecule has 23 heavy (non-hydrogen) atoms. The summed E-state index contributed by atoms with van der Waals surface area (Å²) in [6.45, 7) is 0.177. The maximum absolute atomic E-state index is 11.4. The lowest BCUT2D eigenvalue weighted by Gasteiger charge is -2.10. The summed E-state index contributed by atoms with van der Waals surface area (Å²) in [5.41, 5.74) is 0.823. The fourth-order valence-corrected chi connectivity index (χ4v) is 2.53. The Kier molecular flexibility index (Phi) is 4.90. The number of rotatable bonds is 6. The van der Waals surface area contributed by atoms with Crippen LogP contribution in [0.5, 0.6) is 11.5 Å². The number of aromatic carboxylic acids is 1. The molecule has 122 valence electrons. The van der Waals surface area contributed by atoms with Gasteiger partial charge in [-0.2, -0.15) is 0 Å². The molecular weight excluding hydrogens is 320 g/mol. The molecule has 0 aliphatic rings. The molecule has 1 N–H and O–H groups in total. The molecule has 0 heterocycles. The van der Waals surface area contributed by atoms with Gasteiger partial charge in [-0.3, -0.25) is 0 Å². The largest absolute Gasteiger partial charge is 0.497 e. The summed E-state index contributed by atoms with van der Waals surface area (Å²) >= 11 is 0. The standard InChI is InChI=1S/C16H16O6S/c1-21-13-7-12(16(17)18)8-14(9-13)22-10-11-3-5-15(6-4-11)23(2,19)20/h3-9H,10H2,1-2H3,(H,17,18). The zero-order chi connectivity index (χ0) is 17.0. The van der Waals surface area contributed by atoms with Gasteiger partial charge in [-0.1, -0.05) is 12.1 Å². The predicted octanol–water partition coefficient (Wildman–Crippen LogP) is 2.38. The number of sulfone groups is 1. The first-order chi connectivity index (χ1) is 10.8. The van der Waals surface area contributed by atoms with Crippen molar-refractivity contribution in [2.45, 2.75) is 11.5 Å². The van der Waals surface area contributed by atoms with Crippen LogP contribution in [0.15, 0.2) is 47.4 Å². The van der Waals surface area contributed by atoms with Crippen molar-refractivity contribution in [2.24, 2.45) is 0 Å². The van der Waals surface area contributed by atoms with E-state index in [1.165, 1.54) is 31.4 Å². The SMILES string of the molecule is COc1cc(OCc2ccc(S(C)(=O)=O)cc2)cc(C(=O)O)c1. The van der Waals surface area contributed by atoms with E-state index < -0.39 is 15.8 Å². The van der Waals surface area contributed by atoms with E-state index in [0.29, 0.717) is 11.5 Å². The molecule has 2 aromatic carbocycles. The molecule has 2 rings (SSSR count). The van der Waals surface area contributed by atoms with Gasteiger partial charge in [0.1, 0.15) is 18.1 Å². The van der Waals surface area contributed by atoms with Gasteiger partial charge in [0, 0.05) is 12.3 Å². The fourth-order valence-electron chi connectivity index (χ4n) is 1.90. The van der Waals surface area contributed by atoms with Gasteiger partial charge in [0.15, 0.2) is 9.84 Å². The lowest BCUT2D eigenvalue weighted by Crippen LogP contribution is -2.01. The first-order valence-electron chi connectivity index (χ1n) is 6.64. The van der Waals surface area contributed by atoms with Crippen molar-refractivity contribution in [2.75, 3.05) is 13.4 Å². The number of hydrogen-bond donors (Lipinski definition) is 1. The van der Waals surface area contributed by atoms with Crippen LogP contribution in [0.2, 0.25) is 0 Å². The molecular formula is C16H16O6S. The highest BCUT2D eigenvalue weighted by atomic mass is 32.2. The average molecular weight is 336 g/mol. The highest BCUT2D eigenvalue weighted by Gasteiger charge is 2.09. The molecule has 0 aliphatic heterocycles. The second kappa shape index (κ2) is 6.70. The molecule has 0 aliphatic carbocycles. The van der Waals surface area contributed by atoms with E-state index in [2.05, 4.69) is 0 Å². The molecule has 0 aromatic heterocycles. The van der Waals surface area contributed by atoms with Gasteiger partial charge in [-0.25, -0.2) is 13.2 Å². The highest BCUT2D eigenvalue weighted by Crippen LogP contribution is 2.24. The van der Waals surface area contributed by atoms with E-state index >= 15 is 0 Å². The minimum absolute atomic E-state index is 0.0618. The normalized spacial score (nSPS) is 11.0. The van der Waals surface area contributed by atoms with Crippen molar-refractivity contribution in [3.63, 3.8) is 0 Å². The number of carbonyl (C=O) groups is 1. The molecule has 0 saturated carbocycles. The van der Waals surface area contributed by atoms with Crippen LogP contribution < -0.4 is 9.47 Å². The maximum Gasteiger partial charge on any atom is 0.335 e. The van der Waals surface area contributed by atoms with Crippen LogP contribution in [0.1, 0.15) is 15.9 Å². The van der Waals surface area contributed by atoms with Crippen molar-refractivity contribution >= 4 is 15.8 Å². The third-order valence-electron chi connectivity index (χ3n) is 3.12. The van der Waals surface area contributed by atoms with Gasteiger partial charge in [0.25, 0.3) is 0 Å². The molecule has 0 radical (unpaired) electrons. The van der Waals surface area contributed by atoms with E-state index in [-0.39, 0.29) is 17.1 Å². The lowest BCUT2D eigenvalue weighted by molar-refractivity contribution is 0.0696. The number of carboxylic acids is 1. The number of benzene rings is 2. The molecule has 0 saturated heterocycles. The van der Waals surface area contributed by atoms with Crippen LogP contribution in [0.25, 0.3) is 0 Å². The summed E-state index contributed by atoms with van der Waals surface area (Å²) in [5.74, 6) is -0.340. The highest BCUT2D eigenvalue weighted by molar-refractivity contribution is 7.90. The van der Waals surface area contributed by atoms with Crippen molar-refractivity contribution in [1.29, 1.82) is 0 Å². The van der Waals surface area contributed by atoms with Crippen LogP contribution in [-0.4, -0.2) is 32.9 Å². The van der Waals surface area contributed by atoms with Gasteiger partial charge in [-0.05, 0) is 29.8 Å². The van der Waals surface area contributed by atoms with Crippen LogP contribution in [-0.2, 0) is 16.4 Å². The van der Waals surface area contributed by atoms with Gasteiger partial charge in [-0.15, -0.1) is 0 Å². The van der Waals surface area contributed by atoms with Gasteiger partial charge >= 0.3 is 5.97 Å². The summed E-state index contributed by atoms with van der Waals surface area (Å²) in [7, 11) is -1.79. The average Bonchev–Trinajstić information content (AvgIpc) is 2.52. The quantitative estimate of drug-likeness (QED) is 0.871. The summed E-state index contributed by atoms with van der Waals surface area (Å²) in [4.78, 5) is 11.3. The Morgan fingerprint density at radius 3 is 2.22 bits per heavy atom. The number of ether oxygens (including phenoxy) is 2. The molecule has 0 amide bonds. The summed E-state index contributed by atoms with van der Waals surface area (Å²) < 4.78 is 33.4. The van der Waals surface area contributed by atoms with Crippen LogP contribution in [0.3, 0.4) is 0 Å². The Morgan fingerprint density at radius 1 is 1.09 bits per heavy atom. The molecule has 0 atom stereocenters. The van der Waals surface area contributed by atoms with Gasteiger partial charge in [0.05, 0.1) is 17.6 Å². The van der Waals surface area contributed by atoms with E-state index in [1.54, 1.807) is 18.2 Å². The molecule has 0 spiro atoms. The van der Waals surface area contributed by atoms with E-state index in [0.717, 1.165) is 11.8 Å². The van der Waals surface area contributed by atoms with Crippen molar-refractivity contribution in [1.82, 2.24) is 0 Å². The smallest absolute Gasteiger partial charge is 0.335 e. The Labute approximate surface area is 134 Å². The number of methoxy groups -OCH3 is 1. The Bertz CT molecular complexity index is 809. The van der Waals surface area contributed by atoms with Crippen molar-refractivity contribution in [3.8, 4) is 11.5 Å². The van der Waals surface area contributed by atoms with Gasteiger partial charge in [0.2, 0.25) is 0 Å². The predicted molar refractivity (Wildman–Crippen MR) is 83.8 cm³/mol. The molecule has 0 fully saturated rings. The Hall–Kier alpha value is -2.54. The Morgan fingerprint density at radius 2 is 1.70 bits per heavy atom. The molecule has 0 bridgehead atoms. The van der Waals surface area contributed by atoms with E-state index in [1.807, 2.05) is 0 Å². The summed E-state index contributed by atoms with van der Waals surface area (Å²) in [5, 5.41) is 9.05. The summed E-state index contributed by atoms with van der Waals surface area (Å²) in [6, 6.07) is 10.7. The Balaban J connectivity index is 2.14. The van der Waals surface area contributed by atoms with Crippen LogP contribution in [0, 0.1) is 0 Å². The number of hydrogen-bond acceptors (Lipinski definition) is 5. The van der Waals surface area contributed by atoms with Crippen LogP contribution >= 0.6 is 0 Å². The molecule has 7 heteroatoms. The lowest BCUT2D eigenvalue weighted by atomic mass is 10.2. The second-order valence-electron chi connectivity index (χ2n) is 4.91. The van der Waals surface area contributed by atoms with Crippen molar-refractivity contribution < 1.29 is 27.8 Å². The van der Waals surface area contributed by atoms with Crippen molar-refractivity contribution in [3.05, 3.63) is 53.6 Å². The zero-order valence-corrected chi connectivity index (χ0v) is 13.5. The maximum atomic E-state index is 11.4. The number of carboxylic acid groups (broad SMARTS) is 1. The molecule has 0 unspecified atom stereocenters. The minimum Gasteiger partial charge on any atom is -0.497 e.